The highest BCUT2D eigenvalue weighted by Gasteiger charge is 2.40. The summed E-state index contributed by atoms with van der Waals surface area (Å²) in [5.74, 6) is -0.112. The molecule has 2 rings (SSSR count). The van der Waals surface area contributed by atoms with Gasteiger partial charge in [-0.05, 0) is 17.5 Å². The third kappa shape index (κ3) is 4.06. The van der Waals surface area contributed by atoms with Crippen LogP contribution in [0.25, 0.3) is 0 Å². The van der Waals surface area contributed by atoms with Crippen molar-refractivity contribution in [3.05, 3.63) is 71.8 Å². The molecule has 23 heavy (non-hydrogen) atoms. The topological polar surface area (TPSA) is 60.4 Å². The fourth-order valence-corrected chi connectivity index (χ4v) is 3.71. The van der Waals surface area contributed by atoms with Crippen LogP contribution in [0.3, 0.4) is 0 Å². The average Bonchev–Trinajstić information content (AvgIpc) is 2.59. The van der Waals surface area contributed by atoms with Gasteiger partial charge in [-0.2, -0.15) is 8.42 Å². The summed E-state index contributed by atoms with van der Waals surface area (Å²) in [5, 5.41) is 0. The molecule has 0 saturated carbocycles. The van der Waals surface area contributed by atoms with E-state index in [9.17, 15) is 13.2 Å². The third-order valence-corrected chi connectivity index (χ3v) is 4.88. The molecule has 0 aliphatic heterocycles. The lowest BCUT2D eigenvalue weighted by Crippen LogP contribution is -2.36. The van der Waals surface area contributed by atoms with E-state index >= 15 is 0 Å². The van der Waals surface area contributed by atoms with E-state index in [2.05, 4.69) is 0 Å². The first-order valence-corrected chi connectivity index (χ1v) is 9.12. The molecule has 0 fully saturated rings. The maximum Gasteiger partial charge on any atom is 0.268 e. The number of aldehydes is 1. The van der Waals surface area contributed by atoms with Gasteiger partial charge in [0.1, 0.15) is 0 Å². The van der Waals surface area contributed by atoms with Gasteiger partial charge in [-0.3, -0.25) is 4.79 Å². The van der Waals surface area contributed by atoms with Crippen molar-refractivity contribution in [1.29, 1.82) is 0 Å². The Kier molecular flexibility index (Phi) is 5.69. The lowest BCUT2D eigenvalue weighted by Gasteiger charge is -2.28. The predicted octanol–water partition coefficient (Wildman–Crippen LogP) is 3.28. The highest BCUT2D eigenvalue weighted by atomic mass is 32.2. The molecule has 0 spiro atoms. The van der Waals surface area contributed by atoms with E-state index in [1.807, 2.05) is 6.92 Å². The SMILES string of the molecule is CCCCS(=O)(=O)OC(C=O)(c1ccccc1)c1ccccc1. The molecule has 4 nitrogen and oxygen atoms in total. The van der Waals surface area contributed by atoms with Crippen LogP contribution in [0.15, 0.2) is 60.7 Å². The Bertz CT molecular complexity index is 685. The van der Waals surface area contributed by atoms with Crippen molar-refractivity contribution < 1.29 is 17.4 Å². The zero-order valence-electron chi connectivity index (χ0n) is 13.0. The van der Waals surface area contributed by atoms with Gasteiger partial charge in [0.15, 0.2) is 11.9 Å². The highest BCUT2D eigenvalue weighted by Crippen LogP contribution is 2.33. The molecule has 0 saturated heterocycles. The van der Waals surface area contributed by atoms with E-state index in [1.54, 1.807) is 60.7 Å². The van der Waals surface area contributed by atoms with Crippen molar-refractivity contribution in [2.45, 2.75) is 25.4 Å². The van der Waals surface area contributed by atoms with Crippen LogP contribution in [-0.4, -0.2) is 20.5 Å². The molecule has 0 aliphatic rings. The van der Waals surface area contributed by atoms with Crippen molar-refractivity contribution in [2.75, 3.05) is 5.75 Å². The zero-order chi connectivity index (χ0) is 16.8. The van der Waals surface area contributed by atoms with Crippen LogP contribution in [0.2, 0.25) is 0 Å². The number of hydrogen-bond acceptors (Lipinski definition) is 4. The maximum absolute atomic E-state index is 12.3. The average molecular weight is 332 g/mol. The molecule has 0 bridgehead atoms. The molecule has 5 heteroatoms. The second-order valence-electron chi connectivity index (χ2n) is 5.28. The van der Waals surface area contributed by atoms with Gasteiger partial charge in [-0.15, -0.1) is 0 Å². The zero-order valence-corrected chi connectivity index (χ0v) is 13.8. The van der Waals surface area contributed by atoms with Crippen molar-refractivity contribution in [1.82, 2.24) is 0 Å². The van der Waals surface area contributed by atoms with E-state index in [4.69, 9.17) is 4.18 Å². The second-order valence-corrected chi connectivity index (χ2v) is 6.97. The van der Waals surface area contributed by atoms with E-state index in [1.165, 1.54) is 0 Å². The number of hydrogen-bond donors (Lipinski definition) is 0. The Hall–Kier alpha value is -1.98. The quantitative estimate of drug-likeness (QED) is 0.550. The van der Waals surface area contributed by atoms with Gasteiger partial charge < -0.3 is 0 Å². The molecule has 0 aliphatic carbocycles. The maximum atomic E-state index is 12.3. The summed E-state index contributed by atoms with van der Waals surface area (Å²) in [6.07, 6.45) is 1.77. The number of benzene rings is 2. The molecule has 0 atom stereocenters. The Labute approximate surface area is 137 Å². The molecule has 0 heterocycles. The van der Waals surface area contributed by atoms with Crippen molar-refractivity contribution in [3.8, 4) is 0 Å². The molecular weight excluding hydrogens is 312 g/mol. The number of rotatable bonds is 8. The summed E-state index contributed by atoms with van der Waals surface area (Å²) in [6.45, 7) is 1.90. The summed E-state index contributed by atoms with van der Waals surface area (Å²) in [6, 6.07) is 17.4. The monoisotopic (exact) mass is 332 g/mol. The van der Waals surface area contributed by atoms with Gasteiger partial charge >= 0.3 is 0 Å². The first-order chi connectivity index (χ1) is 11.0. The van der Waals surface area contributed by atoms with Gasteiger partial charge in [0.05, 0.1) is 5.75 Å². The van der Waals surface area contributed by atoms with E-state index < -0.39 is 15.7 Å². The minimum Gasteiger partial charge on any atom is -0.299 e. The predicted molar refractivity (Wildman–Crippen MR) is 89.5 cm³/mol. The first-order valence-electron chi connectivity index (χ1n) is 7.55. The second kappa shape index (κ2) is 7.53. The number of unbranched alkanes of at least 4 members (excludes halogenated alkanes) is 1. The smallest absolute Gasteiger partial charge is 0.268 e. The first kappa shape index (κ1) is 17.4. The number of carbonyl (C=O) groups is 1. The van der Waals surface area contributed by atoms with Gasteiger partial charge in [-0.25, -0.2) is 4.18 Å². The third-order valence-electron chi connectivity index (χ3n) is 3.58. The molecule has 0 N–H and O–H groups in total. The molecule has 122 valence electrons. The molecule has 0 aromatic heterocycles. The van der Waals surface area contributed by atoms with Crippen molar-refractivity contribution in [2.24, 2.45) is 0 Å². The van der Waals surface area contributed by atoms with Crippen molar-refractivity contribution in [3.63, 3.8) is 0 Å². The van der Waals surface area contributed by atoms with E-state index in [0.29, 0.717) is 23.8 Å². The van der Waals surface area contributed by atoms with E-state index in [0.717, 1.165) is 6.42 Å². The van der Waals surface area contributed by atoms with Crippen LogP contribution in [0.1, 0.15) is 30.9 Å². The Morgan fingerprint density at radius 1 is 0.957 bits per heavy atom. The van der Waals surface area contributed by atoms with Crippen LogP contribution < -0.4 is 0 Å². The summed E-state index contributed by atoms with van der Waals surface area (Å²) in [5.41, 5.74) is -0.683. The van der Waals surface area contributed by atoms with Crippen LogP contribution in [0, 0.1) is 0 Å². The highest BCUT2D eigenvalue weighted by molar-refractivity contribution is 7.86. The molecule has 2 aromatic rings. The summed E-state index contributed by atoms with van der Waals surface area (Å²) >= 11 is 0. The fraction of sp³-hybridized carbons (Fsp3) is 0.278. The van der Waals surface area contributed by atoms with Crippen molar-refractivity contribution >= 4 is 16.4 Å². The normalized spacial score (nSPS) is 12.0. The van der Waals surface area contributed by atoms with Crippen LogP contribution in [0.4, 0.5) is 0 Å². The standard InChI is InChI=1S/C18H20O4S/c1-2-3-14-23(20,21)22-18(15-19,16-10-6-4-7-11-16)17-12-8-5-9-13-17/h4-13,15H,2-3,14H2,1H3. The Morgan fingerprint density at radius 3 is 1.83 bits per heavy atom. The van der Waals surface area contributed by atoms with Crippen LogP contribution in [-0.2, 0) is 24.7 Å². The number of carbonyl (C=O) groups excluding carboxylic acids is 1. The van der Waals surface area contributed by atoms with E-state index in [-0.39, 0.29) is 5.75 Å². The van der Waals surface area contributed by atoms with Gasteiger partial charge in [0.25, 0.3) is 10.1 Å². The summed E-state index contributed by atoms with van der Waals surface area (Å²) in [4.78, 5) is 12.0. The van der Waals surface area contributed by atoms with Gasteiger partial charge in [-0.1, -0.05) is 74.0 Å². The lowest BCUT2D eigenvalue weighted by atomic mass is 9.88. The largest absolute Gasteiger partial charge is 0.299 e. The molecule has 2 aromatic carbocycles. The van der Waals surface area contributed by atoms with Crippen LogP contribution >= 0.6 is 0 Å². The van der Waals surface area contributed by atoms with Gasteiger partial charge in [0, 0.05) is 0 Å². The van der Waals surface area contributed by atoms with Crippen LogP contribution in [0.5, 0.6) is 0 Å². The fourth-order valence-electron chi connectivity index (χ4n) is 2.35. The Morgan fingerprint density at radius 2 is 1.43 bits per heavy atom. The summed E-state index contributed by atoms with van der Waals surface area (Å²) in [7, 11) is -3.84. The minimum atomic E-state index is -3.84. The molecule has 0 unspecified atom stereocenters. The molecular formula is C18H20O4S. The molecule has 0 amide bonds. The Balaban J connectivity index is 2.54. The lowest BCUT2D eigenvalue weighted by molar-refractivity contribution is -0.118. The minimum absolute atomic E-state index is 0.112. The molecule has 0 radical (unpaired) electrons. The van der Waals surface area contributed by atoms with Gasteiger partial charge in [0.2, 0.25) is 0 Å². The summed E-state index contributed by atoms with van der Waals surface area (Å²) < 4.78 is 30.1.